The van der Waals surface area contributed by atoms with Crippen LogP contribution >= 0.6 is 0 Å². The molecule has 8 heteroatoms. The Bertz CT molecular complexity index is 1080. The monoisotopic (exact) mass is 457 g/mol. The number of sulfonamides is 1. The molecule has 172 valence electrons. The van der Waals surface area contributed by atoms with Gasteiger partial charge in [-0.1, -0.05) is 24.6 Å². The van der Waals surface area contributed by atoms with Crippen molar-refractivity contribution in [2.45, 2.75) is 62.3 Å². The average Bonchev–Trinajstić information content (AvgIpc) is 2.79. The summed E-state index contributed by atoms with van der Waals surface area (Å²) < 4.78 is 29.1. The van der Waals surface area contributed by atoms with Crippen LogP contribution in [0, 0.1) is 0 Å². The first-order valence-electron chi connectivity index (χ1n) is 11.4. The lowest BCUT2D eigenvalue weighted by Gasteiger charge is -2.24. The van der Waals surface area contributed by atoms with Crippen molar-refractivity contribution in [1.82, 2.24) is 5.32 Å². The van der Waals surface area contributed by atoms with Gasteiger partial charge < -0.3 is 15.7 Å². The number of aromatic carboxylic acids is 1. The smallest absolute Gasteiger partial charge is 0.338 e. The maximum atomic E-state index is 13.3. The highest BCUT2D eigenvalue weighted by molar-refractivity contribution is 7.92. The number of carboxylic acid groups (broad SMARTS) is 1. The van der Waals surface area contributed by atoms with E-state index in [1.165, 1.54) is 12.8 Å². The highest BCUT2D eigenvalue weighted by Crippen LogP contribution is 2.32. The summed E-state index contributed by atoms with van der Waals surface area (Å²) in [5.41, 5.74) is 2.45. The molecular formula is C24H31N3O4S. The zero-order chi connectivity index (χ0) is 22.6. The van der Waals surface area contributed by atoms with Crippen LogP contribution in [0.3, 0.4) is 0 Å². The van der Waals surface area contributed by atoms with Gasteiger partial charge in [-0.25, -0.2) is 13.2 Å². The fourth-order valence-corrected chi connectivity index (χ4v) is 6.01. The number of hydrogen-bond donors (Lipinski definition) is 4. The maximum absolute atomic E-state index is 13.3. The number of hydrogen-bond acceptors (Lipinski definition) is 5. The van der Waals surface area contributed by atoms with Crippen LogP contribution in [0.4, 0.5) is 11.4 Å². The minimum Gasteiger partial charge on any atom is -0.478 e. The molecule has 1 aliphatic carbocycles. The molecule has 0 radical (unpaired) electrons. The number of nitrogens with one attached hydrogen (secondary N) is 3. The summed E-state index contributed by atoms with van der Waals surface area (Å²) in [6.45, 7) is 1.69. The number of para-hydroxylation sites is 1. The highest BCUT2D eigenvalue weighted by atomic mass is 32.2. The molecule has 32 heavy (non-hydrogen) atoms. The van der Waals surface area contributed by atoms with Crippen molar-refractivity contribution < 1.29 is 18.3 Å². The molecule has 1 saturated heterocycles. The topological polar surface area (TPSA) is 108 Å². The molecule has 1 fully saturated rings. The van der Waals surface area contributed by atoms with Crippen molar-refractivity contribution in [2.24, 2.45) is 0 Å². The molecule has 0 amide bonds. The van der Waals surface area contributed by atoms with Crippen LogP contribution in [-0.4, -0.2) is 38.6 Å². The Hall–Kier alpha value is -2.58. The quantitative estimate of drug-likeness (QED) is 0.477. The van der Waals surface area contributed by atoms with Crippen LogP contribution in [0.15, 0.2) is 41.3 Å². The summed E-state index contributed by atoms with van der Waals surface area (Å²) in [4.78, 5) is 12.1. The molecule has 2 aromatic rings. The number of rotatable bonds is 8. The molecule has 0 saturated carbocycles. The number of piperidine rings is 1. The summed E-state index contributed by atoms with van der Waals surface area (Å²) in [6, 6.07) is 10.6. The third-order valence-electron chi connectivity index (χ3n) is 6.39. The second-order valence-electron chi connectivity index (χ2n) is 8.60. The van der Waals surface area contributed by atoms with Crippen LogP contribution < -0.4 is 15.4 Å². The summed E-state index contributed by atoms with van der Waals surface area (Å²) in [5.74, 6) is -1.10. The Kier molecular flexibility index (Phi) is 7.01. The van der Waals surface area contributed by atoms with Gasteiger partial charge in [0.1, 0.15) is 4.90 Å². The van der Waals surface area contributed by atoms with Crippen LogP contribution in [0.2, 0.25) is 0 Å². The Balaban J connectivity index is 1.55. The van der Waals surface area contributed by atoms with Gasteiger partial charge in [-0.3, -0.25) is 4.72 Å². The van der Waals surface area contributed by atoms with Gasteiger partial charge in [0.05, 0.1) is 16.9 Å². The van der Waals surface area contributed by atoms with Crippen LogP contribution in [0.1, 0.15) is 60.0 Å². The molecule has 0 spiro atoms. The predicted octanol–water partition coefficient (Wildman–Crippen LogP) is 4.01. The van der Waals surface area contributed by atoms with E-state index in [0.717, 1.165) is 49.8 Å². The first-order chi connectivity index (χ1) is 15.5. The lowest BCUT2D eigenvalue weighted by atomic mass is 9.87. The van der Waals surface area contributed by atoms with Gasteiger partial charge in [0.2, 0.25) is 0 Å². The maximum Gasteiger partial charge on any atom is 0.338 e. The number of carbonyl (C=O) groups is 1. The molecule has 1 atom stereocenters. The van der Waals surface area contributed by atoms with Gasteiger partial charge in [0, 0.05) is 12.6 Å². The number of fused-ring (bicyclic) bond motifs is 1. The van der Waals surface area contributed by atoms with Crippen LogP contribution in [0.5, 0.6) is 0 Å². The number of benzene rings is 2. The van der Waals surface area contributed by atoms with Crippen LogP contribution in [-0.2, 0) is 22.9 Å². The van der Waals surface area contributed by atoms with Crippen molar-refractivity contribution in [3.05, 3.63) is 53.1 Å². The predicted molar refractivity (Wildman–Crippen MR) is 126 cm³/mol. The molecule has 1 unspecified atom stereocenters. The van der Waals surface area contributed by atoms with Crippen molar-refractivity contribution >= 4 is 27.4 Å². The van der Waals surface area contributed by atoms with Crippen LogP contribution in [0.25, 0.3) is 0 Å². The van der Waals surface area contributed by atoms with E-state index in [4.69, 9.17) is 0 Å². The number of aryl methyl sites for hydroxylation is 1. The number of carboxylic acids is 1. The Morgan fingerprint density at radius 1 is 1.03 bits per heavy atom. The molecule has 7 nitrogen and oxygen atoms in total. The zero-order valence-electron chi connectivity index (χ0n) is 18.2. The van der Waals surface area contributed by atoms with Gasteiger partial charge in [-0.15, -0.1) is 0 Å². The fourth-order valence-electron chi connectivity index (χ4n) is 4.76. The fraction of sp³-hybridized carbons (Fsp3) is 0.458. The van der Waals surface area contributed by atoms with Gasteiger partial charge in [0.15, 0.2) is 0 Å². The number of anilines is 2. The standard InChI is InChI=1S/C24H31N3O4S/c28-24(29)23-19-9-2-1-7-17(19)12-13-21(23)27-32(30,31)22-11-4-3-10-20(22)26-16-14-18-8-5-6-15-25-18/h3-4,10-13,18,25-27H,1-2,5-9,14-16H2,(H,28,29). The van der Waals surface area contributed by atoms with Crippen molar-refractivity contribution in [3.63, 3.8) is 0 Å². The first kappa shape index (κ1) is 22.6. The van der Waals surface area contributed by atoms with E-state index in [2.05, 4.69) is 15.4 Å². The van der Waals surface area contributed by atoms with Gasteiger partial charge >= 0.3 is 5.97 Å². The third-order valence-corrected chi connectivity index (χ3v) is 7.81. The Morgan fingerprint density at radius 2 is 1.84 bits per heavy atom. The molecule has 2 aromatic carbocycles. The molecule has 4 rings (SSSR count). The lowest BCUT2D eigenvalue weighted by Crippen LogP contribution is -2.35. The lowest BCUT2D eigenvalue weighted by molar-refractivity contribution is 0.0696. The average molecular weight is 458 g/mol. The summed E-state index contributed by atoms with van der Waals surface area (Å²) in [5, 5.41) is 16.6. The molecule has 2 aliphatic rings. The van der Waals surface area contributed by atoms with E-state index < -0.39 is 16.0 Å². The van der Waals surface area contributed by atoms with Gasteiger partial charge in [0.25, 0.3) is 10.0 Å². The van der Waals surface area contributed by atoms with Crippen molar-refractivity contribution in [2.75, 3.05) is 23.1 Å². The minimum atomic E-state index is -3.97. The molecule has 1 aliphatic heterocycles. The van der Waals surface area contributed by atoms with E-state index in [0.29, 0.717) is 24.7 Å². The van der Waals surface area contributed by atoms with Crippen molar-refractivity contribution in [3.8, 4) is 0 Å². The normalized spacial score (nSPS) is 18.6. The summed E-state index contributed by atoms with van der Waals surface area (Å²) in [7, 11) is -3.97. The summed E-state index contributed by atoms with van der Waals surface area (Å²) >= 11 is 0. The van der Waals surface area contributed by atoms with Gasteiger partial charge in [-0.05, 0) is 80.8 Å². The second kappa shape index (κ2) is 9.92. The summed E-state index contributed by atoms with van der Waals surface area (Å²) in [6.07, 6.45) is 7.88. The third kappa shape index (κ3) is 5.07. The van der Waals surface area contributed by atoms with Gasteiger partial charge in [-0.2, -0.15) is 0 Å². The molecule has 4 N–H and O–H groups in total. The van der Waals surface area contributed by atoms with E-state index in [1.54, 1.807) is 30.3 Å². The Labute approximate surface area is 189 Å². The van der Waals surface area contributed by atoms with Crippen molar-refractivity contribution in [1.29, 1.82) is 0 Å². The molecule has 0 aromatic heterocycles. The highest BCUT2D eigenvalue weighted by Gasteiger charge is 2.25. The minimum absolute atomic E-state index is 0.0691. The zero-order valence-corrected chi connectivity index (χ0v) is 19.0. The Morgan fingerprint density at radius 3 is 2.62 bits per heavy atom. The van der Waals surface area contributed by atoms with E-state index in [-0.39, 0.29) is 16.1 Å². The first-order valence-corrected chi connectivity index (χ1v) is 12.9. The largest absolute Gasteiger partial charge is 0.478 e. The van der Waals surface area contributed by atoms with E-state index in [1.807, 2.05) is 6.07 Å². The SMILES string of the molecule is O=C(O)c1c(NS(=O)(=O)c2ccccc2NCCC2CCCCN2)ccc2c1CCCC2. The molecule has 1 heterocycles. The van der Waals surface area contributed by atoms with E-state index in [9.17, 15) is 18.3 Å². The molecule has 0 bridgehead atoms. The molecular weight excluding hydrogens is 426 g/mol. The van der Waals surface area contributed by atoms with E-state index >= 15 is 0 Å². The second-order valence-corrected chi connectivity index (χ2v) is 10.3.